The largest absolute Gasteiger partial charge is 0.453 e. The van der Waals surface area contributed by atoms with Crippen molar-refractivity contribution in [2.75, 3.05) is 20.8 Å². The minimum absolute atomic E-state index is 0.0617. The predicted molar refractivity (Wildman–Crippen MR) is 93.8 cm³/mol. The van der Waals surface area contributed by atoms with Crippen molar-refractivity contribution in [3.05, 3.63) is 11.6 Å². The Kier molecular flexibility index (Phi) is 4.80. The third kappa shape index (κ3) is 2.75. The summed E-state index contributed by atoms with van der Waals surface area (Å²) in [4.78, 5) is 12.7. The molecule has 3 aliphatic rings. The van der Waals surface area contributed by atoms with E-state index in [-0.39, 0.29) is 29.3 Å². The molecule has 1 saturated carbocycles. The number of fused-ring (bicyclic) bond motifs is 3. The van der Waals surface area contributed by atoms with E-state index in [4.69, 9.17) is 14.2 Å². The van der Waals surface area contributed by atoms with Crippen LogP contribution in [0.25, 0.3) is 0 Å². The molecule has 0 aromatic carbocycles. The van der Waals surface area contributed by atoms with E-state index in [1.165, 1.54) is 27.1 Å². The molecule has 3 rings (SSSR count). The van der Waals surface area contributed by atoms with Gasteiger partial charge in [0.05, 0.1) is 0 Å². The van der Waals surface area contributed by atoms with Crippen LogP contribution in [-0.2, 0) is 19.0 Å². The van der Waals surface area contributed by atoms with Crippen LogP contribution in [0.1, 0.15) is 52.9 Å². The number of hydrogen-bond acceptors (Lipinski definition) is 5. The lowest BCUT2D eigenvalue weighted by atomic mass is 9.47. The number of esters is 1. The quantitative estimate of drug-likeness (QED) is 0.622. The number of methoxy groups -OCH3 is 2. The summed E-state index contributed by atoms with van der Waals surface area (Å²) in [6.07, 6.45) is 6.59. The van der Waals surface area contributed by atoms with Crippen molar-refractivity contribution in [3.8, 4) is 0 Å². The van der Waals surface area contributed by atoms with Crippen molar-refractivity contribution in [1.29, 1.82) is 0 Å². The Morgan fingerprint density at radius 3 is 2.56 bits per heavy atom. The van der Waals surface area contributed by atoms with Crippen LogP contribution >= 0.6 is 0 Å². The number of hydrogen-bond donors (Lipinski definition) is 1. The van der Waals surface area contributed by atoms with Crippen molar-refractivity contribution in [2.24, 2.45) is 22.7 Å². The summed E-state index contributed by atoms with van der Waals surface area (Å²) in [6.45, 7) is 6.70. The van der Waals surface area contributed by atoms with E-state index in [0.29, 0.717) is 12.3 Å². The van der Waals surface area contributed by atoms with Gasteiger partial charge >= 0.3 is 5.97 Å². The molecule has 0 aromatic rings. The molecule has 5 nitrogen and oxygen atoms in total. The molecule has 0 aromatic heterocycles. The van der Waals surface area contributed by atoms with Gasteiger partial charge in [0.15, 0.2) is 6.10 Å². The molecule has 0 radical (unpaired) electrons. The summed E-state index contributed by atoms with van der Waals surface area (Å²) in [5, 5.41) is 9.83. The number of carbonyl (C=O) groups excluding carboxylic acids is 1. The molecule has 25 heavy (non-hydrogen) atoms. The third-order valence-corrected chi connectivity index (χ3v) is 7.36. The Balaban J connectivity index is 1.98. The fraction of sp³-hybridized carbons (Fsp3) is 0.850. The number of ether oxygens (including phenoxy) is 3. The summed E-state index contributed by atoms with van der Waals surface area (Å²) >= 11 is 0. The maximum atomic E-state index is 12.7. The van der Waals surface area contributed by atoms with Crippen molar-refractivity contribution in [1.82, 2.24) is 0 Å². The summed E-state index contributed by atoms with van der Waals surface area (Å²) < 4.78 is 16.5. The van der Waals surface area contributed by atoms with Crippen molar-refractivity contribution < 1.29 is 24.1 Å². The molecule has 0 unspecified atom stereocenters. The lowest BCUT2D eigenvalue weighted by Crippen LogP contribution is -2.58. The maximum absolute atomic E-state index is 12.7. The number of allylic oxidation sites excluding steroid dienone is 1. The number of aliphatic hydroxyl groups excluding tert-OH is 1. The Morgan fingerprint density at radius 1 is 1.28 bits per heavy atom. The zero-order valence-electron chi connectivity index (χ0n) is 16.1. The Morgan fingerprint density at radius 2 is 1.96 bits per heavy atom. The molecule has 0 amide bonds. The van der Waals surface area contributed by atoms with Crippen LogP contribution in [0, 0.1) is 22.7 Å². The van der Waals surface area contributed by atoms with Crippen LogP contribution in [0.3, 0.4) is 0 Å². The van der Waals surface area contributed by atoms with Gasteiger partial charge in [0.25, 0.3) is 0 Å². The van der Waals surface area contributed by atoms with E-state index in [0.717, 1.165) is 18.4 Å². The van der Waals surface area contributed by atoms with Crippen LogP contribution in [0.4, 0.5) is 0 Å². The monoisotopic (exact) mass is 352 g/mol. The molecule has 5 heteroatoms. The lowest BCUT2D eigenvalue weighted by Gasteiger charge is -2.58. The number of carbonyl (C=O) groups is 1. The number of rotatable bonds is 4. The molecule has 1 N–H and O–H groups in total. The predicted octanol–water partition coefficient (Wildman–Crippen LogP) is 3.06. The first kappa shape index (κ1) is 18.9. The second kappa shape index (κ2) is 6.36. The summed E-state index contributed by atoms with van der Waals surface area (Å²) in [7, 11) is 2.96. The van der Waals surface area contributed by atoms with Crippen LogP contribution in [0.15, 0.2) is 11.6 Å². The van der Waals surface area contributed by atoms with Crippen molar-refractivity contribution >= 4 is 5.97 Å². The summed E-state index contributed by atoms with van der Waals surface area (Å²) in [6, 6.07) is 0. The molecule has 2 fully saturated rings. The normalized spacial score (nSPS) is 37.6. The fourth-order valence-corrected chi connectivity index (χ4v) is 5.84. The van der Waals surface area contributed by atoms with Gasteiger partial charge in [0, 0.05) is 25.7 Å². The third-order valence-electron chi connectivity index (χ3n) is 7.36. The Bertz CT molecular complexity index is 554. The van der Waals surface area contributed by atoms with Gasteiger partial charge in [0.1, 0.15) is 6.61 Å². The van der Waals surface area contributed by atoms with Gasteiger partial charge in [-0.15, -0.1) is 0 Å². The lowest BCUT2D eigenvalue weighted by molar-refractivity contribution is -0.287. The van der Waals surface area contributed by atoms with E-state index in [1.807, 2.05) is 0 Å². The zero-order valence-corrected chi connectivity index (χ0v) is 16.1. The molecular formula is C20H32O5. The van der Waals surface area contributed by atoms with E-state index >= 15 is 0 Å². The smallest absolute Gasteiger partial charge is 0.334 e. The van der Waals surface area contributed by atoms with E-state index in [2.05, 4.69) is 26.8 Å². The van der Waals surface area contributed by atoms with Crippen LogP contribution in [-0.4, -0.2) is 43.8 Å². The van der Waals surface area contributed by atoms with E-state index in [1.54, 1.807) is 0 Å². The van der Waals surface area contributed by atoms with Gasteiger partial charge in [-0.2, -0.15) is 0 Å². The minimum atomic E-state index is -1.30. The molecule has 0 bridgehead atoms. The number of aliphatic hydroxyl groups is 1. The molecule has 1 saturated heterocycles. The van der Waals surface area contributed by atoms with Gasteiger partial charge in [0.2, 0.25) is 5.79 Å². The fourth-order valence-electron chi connectivity index (χ4n) is 5.84. The topological polar surface area (TPSA) is 65.0 Å². The summed E-state index contributed by atoms with van der Waals surface area (Å²) in [5.41, 5.74) is 1.14. The van der Waals surface area contributed by atoms with Crippen LogP contribution in [0.2, 0.25) is 0 Å². The van der Waals surface area contributed by atoms with Crippen molar-refractivity contribution in [2.45, 2.75) is 64.8 Å². The average molecular weight is 352 g/mol. The van der Waals surface area contributed by atoms with Gasteiger partial charge in [-0.3, -0.25) is 0 Å². The molecule has 4 atom stereocenters. The minimum Gasteiger partial charge on any atom is -0.453 e. The van der Waals surface area contributed by atoms with Gasteiger partial charge in [-0.1, -0.05) is 33.3 Å². The highest BCUT2D eigenvalue weighted by Gasteiger charge is 2.58. The maximum Gasteiger partial charge on any atom is 0.334 e. The zero-order chi connectivity index (χ0) is 18.5. The number of cyclic esters (lactones) is 1. The standard InChI is InChI=1S/C20H32O5/c1-18(2)9-6-10-19(3)14-11-16(20(12-21,23-4)24-5)25-17(22)13(14)7-8-15(18)19/h7,14-16,21H,6,8-12H2,1-5H3/t14-,15-,16-,19+/m0/s1. The highest BCUT2D eigenvalue weighted by atomic mass is 16.7. The van der Waals surface area contributed by atoms with Crippen molar-refractivity contribution in [3.63, 3.8) is 0 Å². The highest BCUT2D eigenvalue weighted by molar-refractivity contribution is 5.90. The van der Waals surface area contributed by atoms with Crippen LogP contribution < -0.4 is 0 Å². The van der Waals surface area contributed by atoms with E-state index < -0.39 is 11.9 Å². The molecule has 2 aliphatic carbocycles. The van der Waals surface area contributed by atoms with Gasteiger partial charge in [-0.05, 0) is 42.4 Å². The highest BCUT2D eigenvalue weighted by Crippen LogP contribution is 2.61. The van der Waals surface area contributed by atoms with Gasteiger partial charge < -0.3 is 19.3 Å². The second-order valence-electron chi connectivity index (χ2n) is 8.86. The SMILES string of the molecule is COC(CO)(OC)[C@@H]1C[C@H]2C(=CC[C@H]3C(C)(C)CCC[C@]23C)C(=O)O1. The first-order chi connectivity index (χ1) is 11.7. The van der Waals surface area contributed by atoms with Gasteiger partial charge in [-0.25, -0.2) is 4.79 Å². The Labute approximate surface area is 150 Å². The van der Waals surface area contributed by atoms with E-state index in [9.17, 15) is 9.90 Å². The Hall–Kier alpha value is -0.910. The first-order valence-corrected chi connectivity index (χ1v) is 9.36. The molecule has 1 heterocycles. The summed E-state index contributed by atoms with van der Waals surface area (Å²) in [5.74, 6) is -0.915. The molecule has 0 spiro atoms. The second-order valence-corrected chi connectivity index (χ2v) is 8.86. The molecule has 1 aliphatic heterocycles. The first-order valence-electron chi connectivity index (χ1n) is 9.36. The molecule has 142 valence electrons. The van der Waals surface area contributed by atoms with Crippen LogP contribution in [0.5, 0.6) is 0 Å². The molecular weight excluding hydrogens is 320 g/mol. The average Bonchev–Trinajstić information content (AvgIpc) is 2.57.